The average Bonchev–Trinajstić information content (AvgIpc) is 2.27. The molecule has 0 radical (unpaired) electrons. The van der Waals surface area contributed by atoms with E-state index in [1.165, 1.54) is 24.3 Å². The van der Waals surface area contributed by atoms with Gasteiger partial charge < -0.3 is 5.11 Å². The number of benzene rings is 1. The van der Waals surface area contributed by atoms with Crippen molar-refractivity contribution in [3.63, 3.8) is 0 Å². The van der Waals surface area contributed by atoms with Gasteiger partial charge in [-0.25, -0.2) is 13.1 Å². The van der Waals surface area contributed by atoms with E-state index in [0.29, 0.717) is 12.0 Å². The summed E-state index contributed by atoms with van der Waals surface area (Å²) >= 11 is 0. The molecule has 0 unspecified atom stereocenters. The van der Waals surface area contributed by atoms with E-state index in [0.717, 1.165) is 0 Å². The summed E-state index contributed by atoms with van der Waals surface area (Å²) in [5.41, 5.74) is 0.666. The first-order valence-corrected chi connectivity index (χ1v) is 6.88. The number of nitro benzene ring substituents is 1. The summed E-state index contributed by atoms with van der Waals surface area (Å²) in [5.74, 6) is -2.41. The second-order valence-corrected chi connectivity index (χ2v) is 5.53. The smallest absolute Gasteiger partial charge is 0.320 e. The number of nitrogens with zero attached hydrogens (tertiary/aromatic N) is 1. The van der Waals surface area contributed by atoms with Gasteiger partial charge in [-0.05, 0) is 12.0 Å². The molecule has 0 spiro atoms. The fourth-order valence-corrected chi connectivity index (χ4v) is 2.19. The van der Waals surface area contributed by atoms with Gasteiger partial charge in [0.05, 0.1) is 4.92 Å². The van der Waals surface area contributed by atoms with Crippen LogP contribution >= 0.6 is 0 Å². The third kappa shape index (κ3) is 5.44. The molecule has 0 saturated carbocycles. The van der Waals surface area contributed by atoms with E-state index in [4.69, 9.17) is 5.11 Å². The lowest BCUT2D eigenvalue weighted by Crippen LogP contribution is -2.31. The van der Waals surface area contributed by atoms with E-state index >= 15 is 0 Å². The molecule has 0 bridgehead atoms. The lowest BCUT2D eigenvalue weighted by Gasteiger charge is -2.04. The molecule has 0 atom stereocenters. The molecule has 1 rings (SSSR count). The van der Waals surface area contributed by atoms with Gasteiger partial charge >= 0.3 is 5.97 Å². The first-order valence-electron chi connectivity index (χ1n) is 5.22. The summed E-state index contributed by atoms with van der Waals surface area (Å²) in [6.45, 7) is 0.0351. The van der Waals surface area contributed by atoms with E-state index in [-0.39, 0.29) is 12.2 Å². The fourth-order valence-electron chi connectivity index (χ4n) is 1.35. The van der Waals surface area contributed by atoms with Crippen LogP contribution in [0, 0.1) is 10.1 Å². The third-order valence-electron chi connectivity index (χ3n) is 2.20. The molecule has 0 heterocycles. The second kappa shape index (κ2) is 6.25. The number of hydrogen-bond donors (Lipinski definition) is 2. The molecule has 0 aliphatic rings. The molecular weight excluding hydrogens is 276 g/mol. The first kappa shape index (κ1) is 15.1. The number of hydrogen-bond acceptors (Lipinski definition) is 5. The van der Waals surface area contributed by atoms with Crippen LogP contribution in [-0.2, 0) is 21.2 Å². The van der Waals surface area contributed by atoms with Crippen LogP contribution in [-0.4, -0.2) is 36.7 Å². The largest absolute Gasteiger partial charge is 0.480 e. The molecule has 104 valence electrons. The van der Waals surface area contributed by atoms with Crippen molar-refractivity contribution in [3.8, 4) is 0 Å². The Morgan fingerprint density at radius 2 is 1.89 bits per heavy atom. The van der Waals surface area contributed by atoms with Gasteiger partial charge in [0.25, 0.3) is 5.69 Å². The molecule has 19 heavy (non-hydrogen) atoms. The van der Waals surface area contributed by atoms with Gasteiger partial charge in [0, 0.05) is 18.7 Å². The molecule has 1 aromatic rings. The molecule has 1 aromatic carbocycles. The van der Waals surface area contributed by atoms with Gasteiger partial charge in [0.15, 0.2) is 5.75 Å². The van der Waals surface area contributed by atoms with Crippen molar-refractivity contribution in [3.05, 3.63) is 39.9 Å². The number of carboxylic acids is 1. The van der Waals surface area contributed by atoms with Crippen molar-refractivity contribution in [2.75, 3.05) is 12.3 Å². The number of carboxylic acid groups (broad SMARTS) is 1. The standard InChI is InChI=1S/C10H12N2O6S/c13-10(14)7-19(17,18)11-6-5-8-1-3-9(4-2-8)12(15)16/h1-4,11H,5-7H2,(H,13,14). The highest BCUT2D eigenvalue weighted by molar-refractivity contribution is 7.90. The summed E-state index contributed by atoms with van der Waals surface area (Å²) in [5, 5.41) is 18.8. The van der Waals surface area contributed by atoms with Crippen LogP contribution < -0.4 is 4.72 Å². The minimum atomic E-state index is -3.83. The number of rotatable bonds is 7. The number of nitro groups is 1. The SMILES string of the molecule is O=C(O)CS(=O)(=O)NCCc1ccc([N+](=O)[O-])cc1. The Balaban J connectivity index is 2.49. The minimum Gasteiger partial charge on any atom is -0.480 e. The van der Waals surface area contributed by atoms with Gasteiger partial charge in [0.2, 0.25) is 10.0 Å². The van der Waals surface area contributed by atoms with Gasteiger partial charge in [-0.3, -0.25) is 14.9 Å². The van der Waals surface area contributed by atoms with Crippen LogP contribution in [0.25, 0.3) is 0 Å². The molecule has 0 aliphatic carbocycles. The van der Waals surface area contributed by atoms with E-state index in [2.05, 4.69) is 4.72 Å². The van der Waals surface area contributed by atoms with Gasteiger partial charge in [0.1, 0.15) is 0 Å². The molecule has 0 amide bonds. The summed E-state index contributed by atoms with van der Waals surface area (Å²) in [7, 11) is -3.83. The summed E-state index contributed by atoms with van der Waals surface area (Å²) < 4.78 is 24.5. The van der Waals surface area contributed by atoms with E-state index < -0.39 is 26.7 Å². The lowest BCUT2D eigenvalue weighted by atomic mass is 10.1. The molecule has 0 saturated heterocycles. The van der Waals surface area contributed by atoms with E-state index in [9.17, 15) is 23.3 Å². The van der Waals surface area contributed by atoms with Crippen LogP contribution in [0.1, 0.15) is 5.56 Å². The number of sulfonamides is 1. The van der Waals surface area contributed by atoms with Gasteiger partial charge in [-0.2, -0.15) is 0 Å². The highest BCUT2D eigenvalue weighted by atomic mass is 32.2. The molecular formula is C10H12N2O6S. The molecule has 2 N–H and O–H groups in total. The summed E-state index contributed by atoms with van der Waals surface area (Å²) in [6.07, 6.45) is 0.316. The quantitative estimate of drug-likeness (QED) is 0.543. The van der Waals surface area contributed by atoms with Gasteiger partial charge in [-0.1, -0.05) is 12.1 Å². The Kier molecular flexibility index (Phi) is 4.95. The molecule has 0 aromatic heterocycles. The molecule has 0 aliphatic heterocycles. The topological polar surface area (TPSA) is 127 Å². The van der Waals surface area contributed by atoms with Crippen molar-refractivity contribution in [2.45, 2.75) is 6.42 Å². The zero-order valence-corrected chi connectivity index (χ0v) is 10.6. The van der Waals surface area contributed by atoms with Crippen molar-refractivity contribution < 1.29 is 23.2 Å². The predicted molar refractivity (Wildman–Crippen MR) is 66.2 cm³/mol. The van der Waals surface area contributed by atoms with Gasteiger partial charge in [-0.15, -0.1) is 0 Å². The molecule has 9 heteroatoms. The first-order chi connectivity index (χ1) is 8.80. The number of nitrogens with one attached hydrogen (secondary N) is 1. The maximum Gasteiger partial charge on any atom is 0.320 e. The lowest BCUT2D eigenvalue weighted by molar-refractivity contribution is -0.384. The maximum atomic E-state index is 11.2. The third-order valence-corrected chi connectivity index (χ3v) is 3.47. The number of aliphatic carboxylic acids is 1. The number of carbonyl (C=O) groups is 1. The van der Waals surface area contributed by atoms with Crippen LogP contribution in [0.15, 0.2) is 24.3 Å². The highest BCUT2D eigenvalue weighted by Crippen LogP contribution is 2.11. The van der Waals surface area contributed by atoms with Crippen LogP contribution in [0.3, 0.4) is 0 Å². The zero-order valence-electron chi connectivity index (χ0n) is 9.77. The monoisotopic (exact) mass is 288 g/mol. The van der Waals surface area contributed by atoms with Crippen LogP contribution in [0.2, 0.25) is 0 Å². The normalized spacial score (nSPS) is 11.2. The Bertz CT molecular complexity index is 566. The summed E-state index contributed by atoms with van der Waals surface area (Å²) in [6, 6.07) is 5.68. The van der Waals surface area contributed by atoms with E-state index in [1.54, 1.807) is 0 Å². The highest BCUT2D eigenvalue weighted by Gasteiger charge is 2.14. The second-order valence-electron chi connectivity index (χ2n) is 3.72. The van der Waals surface area contributed by atoms with Crippen molar-refractivity contribution in [2.24, 2.45) is 0 Å². The van der Waals surface area contributed by atoms with Crippen LogP contribution in [0.5, 0.6) is 0 Å². The Labute approximate surface area is 109 Å². The zero-order chi connectivity index (χ0) is 14.5. The predicted octanol–water partition coefficient (Wildman–Crippen LogP) is 0.141. The van der Waals surface area contributed by atoms with Crippen LogP contribution in [0.4, 0.5) is 5.69 Å². The maximum absolute atomic E-state index is 11.2. The summed E-state index contributed by atoms with van der Waals surface area (Å²) in [4.78, 5) is 20.2. The Morgan fingerprint density at radius 1 is 1.32 bits per heavy atom. The minimum absolute atomic E-state index is 0.0351. The number of non-ortho nitro benzene ring substituents is 1. The van der Waals surface area contributed by atoms with Crippen molar-refractivity contribution in [1.29, 1.82) is 0 Å². The average molecular weight is 288 g/mol. The Morgan fingerprint density at radius 3 is 2.37 bits per heavy atom. The van der Waals surface area contributed by atoms with E-state index in [1.807, 2.05) is 0 Å². The fraction of sp³-hybridized carbons (Fsp3) is 0.300. The molecule has 8 nitrogen and oxygen atoms in total. The molecule has 0 fully saturated rings. The van der Waals surface area contributed by atoms with Crippen molar-refractivity contribution in [1.82, 2.24) is 4.72 Å². The Hall–Kier alpha value is -2.00. The van der Waals surface area contributed by atoms with Crippen molar-refractivity contribution >= 4 is 21.7 Å².